The lowest BCUT2D eigenvalue weighted by Crippen LogP contribution is -2.44. The monoisotopic (exact) mass is 292 g/mol. The van der Waals surface area contributed by atoms with Gasteiger partial charge >= 0.3 is 0 Å². The van der Waals surface area contributed by atoms with Crippen molar-refractivity contribution < 1.29 is 9.47 Å². The maximum atomic E-state index is 5.42. The Morgan fingerprint density at radius 3 is 2.86 bits per heavy atom. The first-order chi connectivity index (χ1) is 10.4. The molecular weight excluding hydrogens is 268 g/mol. The quantitative estimate of drug-likeness (QED) is 0.826. The molecule has 0 aromatic carbocycles. The van der Waals surface area contributed by atoms with Gasteiger partial charge < -0.3 is 14.4 Å². The van der Waals surface area contributed by atoms with Crippen molar-refractivity contribution in [1.29, 1.82) is 0 Å². The molecule has 0 aliphatic carbocycles. The summed E-state index contributed by atoms with van der Waals surface area (Å²) >= 11 is 0. The molecule has 6 heteroatoms. The van der Waals surface area contributed by atoms with Crippen LogP contribution in [-0.2, 0) is 4.74 Å². The number of hydrogen-bond donors (Lipinski definition) is 0. The molecule has 0 spiro atoms. The number of nitrogens with zero attached hydrogens (tertiary/aromatic N) is 4. The van der Waals surface area contributed by atoms with Gasteiger partial charge in [0.1, 0.15) is 0 Å². The minimum absolute atomic E-state index is 0.629. The third kappa shape index (κ3) is 3.63. The van der Waals surface area contributed by atoms with E-state index >= 15 is 0 Å². The van der Waals surface area contributed by atoms with E-state index in [1.807, 2.05) is 0 Å². The van der Waals surface area contributed by atoms with E-state index < -0.39 is 0 Å². The van der Waals surface area contributed by atoms with Gasteiger partial charge in [-0.05, 0) is 18.8 Å². The Balaban J connectivity index is 1.62. The van der Waals surface area contributed by atoms with Gasteiger partial charge in [-0.3, -0.25) is 4.90 Å². The van der Waals surface area contributed by atoms with Crippen LogP contribution >= 0.6 is 0 Å². The van der Waals surface area contributed by atoms with Crippen molar-refractivity contribution >= 4 is 5.82 Å². The number of aromatic nitrogens is 2. The van der Waals surface area contributed by atoms with Crippen molar-refractivity contribution in [3.05, 3.63) is 12.4 Å². The van der Waals surface area contributed by atoms with Crippen LogP contribution in [0.4, 0.5) is 5.82 Å². The summed E-state index contributed by atoms with van der Waals surface area (Å²) in [4.78, 5) is 13.6. The molecule has 1 aromatic rings. The van der Waals surface area contributed by atoms with Crippen LogP contribution in [0.1, 0.15) is 12.8 Å². The average molecular weight is 292 g/mol. The molecule has 21 heavy (non-hydrogen) atoms. The van der Waals surface area contributed by atoms with Crippen LogP contribution in [0.25, 0.3) is 0 Å². The van der Waals surface area contributed by atoms with Crippen LogP contribution in [-0.4, -0.2) is 67.9 Å². The van der Waals surface area contributed by atoms with E-state index in [2.05, 4.69) is 19.8 Å². The van der Waals surface area contributed by atoms with Crippen molar-refractivity contribution in [1.82, 2.24) is 14.9 Å². The van der Waals surface area contributed by atoms with E-state index in [9.17, 15) is 0 Å². The molecule has 0 radical (unpaired) electrons. The summed E-state index contributed by atoms with van der Waals surface area (Å²) in [5.74, 6) is 2.19. The van der Waals surface area contributed by atoms with Gasteiger partial charge in [0.15, 0.2) is 5.82 Å². The largest absolute Gasteiger partial charge is 0.478 e. The lowest BCUT2D eigenvalue weighted by Gasteiger charge is -2.37. The Labute approximate surface area is 126 Å². The third-order valence-corrected chi connectivity index (χ3v) is 4.28. The minimum Gasteiger partial charge on any atom is -0.478 e. The van der Waals surface area contributed by atoms with Crippen molar-refractivity contribution in [2.45, 2.75) is 12.8 Å². The van der Waals surface area contributed by atoms with E-state index in [0.29, 0.717) is 11.8 Å². The second-order valence-electron chi connectivity index (χ2n) is 5.76. The van der Waals surface area contributed by atoms with E-state index in [1.165, 1.54) is 12.8 Å². The SMILES string of the molecule is COc1nccnc1N1CCCC(CN2CCOCC2)C1. The highest BCUT2D eigenvalue weighted by Gasteiger charge is 2.25. The summed E-state index contributed by atoms with van der Waals surface area (Å²) in [5, 5.41) is 0. The van der Waals surface area contributed by atoms with Crippen LogP contribution in [0, 0.1) is 5.92 Å². The molecule has 3 heterocycles. The van der Waals surface area contributed by atoms with Crippen molar-refractivity contribution in [3.63, 3.8) is 0 Å². The summed E-state index contributed by atoms with van der Waals surface area (Å²) in [7, 11) is 1.66. The molecule has 0 saturated carbocycles. The predicted octanol–water partition coefficient (Wildman–Crippen LogP) is 1.03. The van der Waals surface area contributed by atoms with Gasteiger partial charge in [-0.1, -0.05) is 0 Å². The Bertz CT molecular complexity index is 451. The summed E-state index contributed by atoms with van der Waals surface area (Å²) in [6.45, 7) is 7.09. The fourth-order valence-electron chi connectivity index (χ4n) is 3.23. The number of hydrogen-bond acceptors (Lipinski definition) is 6. The highest BCUT2D eigenvalue weighted by molar-refractivity contribution is 5.48. The Morgan fingerprint density at radius 2 is 2.05 bits per heavy atom. The molecule has 3 rings (SSSR count). The van der Waals surface area contributed by atoms with Crippen LogP contribution in [0.3, 0.4) is 0 Å². The average Bonchev–Trinajstić information content (AvgIpc) is 2.56. The fraction of sp³-hybridized carbons (Fsp3) is 0.733. The van der Waals surface area contributed by atoms with E-state index in [0.717, 1.165) is 51.8 Å². The van der Waals surface area contributed by atoms with Crippen LogP contribution in [0.15, 0.2) is 12.4 Å². The number of piperidine rings is 1. The van der Waals surface area contributed by atoms with Crippen molar-refractivity contribution in [2.75, 3.05) is 57.9 Å². The molecule has 2 aliphatic heterocycles. The first-order valence-electron chi connectivity index (χ1n) is 7.77. The number of ether oxygens (including phenoxy) is 2. The Morgan fingerprint density at radius 1 is 1.24 bits per heavy atom. The summed E-state index contributed by atoms with van der Waals surface area (Å²) in [5.41, 5.74) is 0. The normalized spacial score (nSPS) is 24.0. The molecule has 1 atom stereocenters. The maximum Gasteiger partial charge on any atom is 0.257 e. The zero-order valence-electron chi connectivity index (χ0n) is 12.7. The van der Waals surface area contributed by atoms with Crippen LogP contribution < -0.4 is 9.64 Å². The summed E-state index contributed by atoms with van der Waals surface area (Å²) < 4.78 is 10.8. The van der Waals surface area contributed by atoms with Crippen molar-refractivity contribution in [3.8, 4) is 5.88 Å². The number of anilines is 1. The molecule has 2 saturated heterocycles. The van der Waals surface area contributed by atoms with E-state index in [4.69, 9.17) is 9.47 Å². The van der Waals surface area contributed by atoms with Gasteiger partial charge in [-0.15, -0.1) is 0 Å². The van der Waals surface area contributed by atoms with E-state index in [-0.39, 0.29) is 0 Å². The van der Waals surface area contributed by atoms with Gasteiger partial charge in [0.2, 0.25) is 0 Å². The lowest BCUT2D eigenvalue weighted by atomic mass is 9.97. The van der Waals surface area contributed by atoms with Gasteiger partial charge in [0.05, 0.1) is 20.3 Å². The predicted molar refractivity (Wildman–Crippen MR) is 80.8 cm³/mol. The Kier molecular flexibility index (Phi) is 4.87. The molecule has 0 bridgehead atoms. The fourth-order valence-corrected chi connectivity index (χ4v) is 3.23. The molecule has 1 unspecified atom stereocenters. The number of rotatable bonds is 4. The molecule has 1 aromatic heterocycles. The summed E-state index contributed by atoms with van der Waals surface area (Å²) in [6, 6.07) is 0. The van der Waals surface area contributed by atoms with Crippen molar-refractivity contribution in [2.24, 2.45) is 5.92 Å². The molecule has 116 valence electrons. The van der Waals surface area contributed by atoms with Gasteiger partial charge in [-0.25, -0.2) is 9.97 Å². The van der Waals surface area contributed by atoms with Gasteiger partial charge in [0, 0.05) is 45.1 Å². The third-order valence-electron chi connectivity index (χ3n) is 4.28. The molecule has 6 nitrogen and oxygen atoms in total. The first-order valence-corrected chi connectivity index (χ1v) is 7.77. The zero-order chi connectivity index (χ0) is 14.5. The van der Waals surface area contributed by atoms with Gasteiger partial charge in [0.25, 0.3) is 5.88 Å². The summed E-state index contributed by atoms with van der Waals surface area (Å²) in [6.07, 6.45) is 5.91. The second kappa shape index (κ2) is 7.04. The van der Waals surface area contributed by atoms with Gasteiger partial charge in [-0.2, -0.15) is 0 Å². The zero-order valence-corrected chi connectivity index (χ0v) is 12.7. The van der Waals surface area contributed by atoms with Crippen LogP contribution in [0.2, 0.25) is 0 Å². The molecule has 0 amide bonds. The molecule has 0 N–H and O–H groups in total. The molecule has 2 fully saturated rings. The highest BCUT2D eigenvalue weighted by Crippen LogP contribution is 2.27. The molecular formula is C15H24N4O2. The van der Waals surface area contributed by atoms with E-state index in [1.54, 1.807) is 19.5 Å². The number of methoxy groups -OCH3 is 1. The minimum atomic E-state index is 0.629. The lowest BCUT2D eigenvalue weighted by molar-refractivity contribution is 0.0296. The standard InChI is InChI=1S/C15H24N4O2/c1-20-15-14(16-4-5-17-15)19-6-2-3-13(12-19)11-18-7-9-21-10-8-18/h4-5,13H,2-3,6-12H2,1H3. The Hall–Kier alpha value is -1.40. The smallest absolute Gasteiger partial charge is 0.257 e. The molecule has 2 aliphatic rings. The second-order valence-corrected chi connectivity index (χ2v) is 5.76. The first kappa shape index (κ1) is 14.5. The highest BCUT2D eigenvalue weighted by atomic mass is 16.5. The number of morpholine rings is 1. The topological polar surface area (TPSA) is 50.7 Å². The van der Waals surface area contributed by atoms with Crippen LogP contribution in [0.5, 0.6) is 5.88 Å². The maximum absolute atomic E-state index is 5.42.